The van der Waals surface area contributed by atoms with Crippen LogP contribution in [-0.4, -0.2) is 22.3 Å². The van der Waals surface area contributed by atoms with Crippen LogP contribution in [0.4, 0.5) is 0 Å². The van der Waals surface area contributed by atoms with Crippen molar-refractivity contribution in [1.82, 2.24) is 0 Å². The highest BCUT2D eigenvalue weighted by Gasteiger charge is 2.65. The summed E-state index contributed by atoms with van der Waals surface area (Å²) in [6.07, 6.45) is 4.78. The van der Waals surface area contributed by atoms with Crippen LogP contribution >= 0.6 is 11.8 Å². The maximum atomic E-state index is 12.3. The Kier molecular flexibility index (Phi) is 2.86. The van der Waals surface area contributed by atoms with E-state index in [1.165, 1.54) is 6.42 Å². The van der Waals surface area contributed by atoms with Crippen molar-refractivity contribution >= 4 is 17.7 Å². The van der Waals surface area contributed by atoms with Gasteiger partial charge in [0, 0.05) is 6.42 Å². The predicted octanol–water partition coefficient (Wildman–Crippen LogP) is 3.45. The average molecular weight is 290 g/mol. The third-order valence-electron chi connectivity index (χ3n) is 4.77. The van der Waals surface area contributed by atoms with Gasteiger partial charge in [0.25, 0.3) is 0 Å². The van der Waals surface area contributed by atoms with E-state index >= 15 is 0 Å². The predicted molar refractivity (Wildman–Crippen MR) is 77.4 cm³/mol. The fourth-order valence-electron chi connectivity index (χ4n) is 3.84. The molecule has 1 aromatic rings. The molecule has 2 heterocycles. The molecule has 4 rings (SSSR count). The van der Waals surface area contributed by atoms with Gasteiger partial charge in [-0.25, -0.2) is 4.79 Å². The van der Waals surface area contributed by atoms with Crippen LogP contribution in [0.15, 0.2) is 30.3 Å². The van der Waals surface area contributed by atoms with Crippen molar-refractivity contribution in [2.75, 3.05) is 5.75 Å². The van der Waals surface area contributed by atoms with Gasteiger partial charge >= 0.3 is 5.97 Å². The average Bonchev–Trinajstić information content (AvgIpc) is 3.15. The van der Waals surface area contributed by atoms with Crippen molar-refractivity contribution in [2.24, 2.45) is 0 Å². The van der Waals surface area contributed by atoms with Gasteiger partial charge in [-0.2, -0.15) is 0 Å². The summed E-state index contributed by atoms with van der Waals surface area (Å²) in [5, 5.41) is 0. The molecule has 2 aliphatic heterocycles. The Labute approximate surface area is 123 Å². The summed E-state index contributed by atoms with van der Waals surface area (Å²) in [6.45, 7) is 0. The van der Waals surface area contributed by atoms with E-state index in [1.807, 2.05) is 42.1 Å². The second-order valence-corrected chi connectivity index (χ2v) is 7.36. The van der Waals surface area contributed by atoms with Crippen molar-refractivity contribution < 1.29 is 14.3 Å². The van der Waals surface area contributed by atoms with E-state index in [-0.39, 0.29) is 10.7 Å². The first-order valence-electron chi connectivity index (χ1n) is 7.34. The molecule has 106 valence electrons. The highest BCUT2D eigenvalue weighted by Crippen LogP contribution is 2.60. The van der Waals surface area contributed by atoms with Gasteiger partial charge < -0.3 is 9.47 Å². The van der Waals surface area contributed by atoms with Crippen LogP contribution in [0.2, 0.25) is 0 Å². The van der Waals surface area contributed by atoms with Crippen LogP contribution in [0, 0.1) is 0 Å². The smallest absolute Gasteiger partial charge is 0.342 e. The summed E-state index contributed by atoms with van der Waals surface area (Å²) >= 11 is 1.95. The highest BCUT2D eigenvalue weighted by atomic mass is 32.2. The maximum absolute atomic E-state index is 12.3. The van der Waals surface area contributed by atoms with Crippen molar-refractivity contribution in [3.63, 3.8) is 0 Å². The Morgan fingerprint density at radius 3 is 2.65 bits per heavy atom. The molecule has 2 saturated heterocycles. The van der Waals surface area contributed by atoms with Gasteiger partial charge in [-0.1, -0.05) is 30.3 Å². The van der Waals surface area contributed by atoms with Gasteiger partial charge in [0.05, 0.1) is 4.75 Å². The molecule has 1 aromatic carbocycles. The first-order valence-corrected chi connectivity index (χ1v) is 8.33. The van der Waals surface area contributed by atoms with Gasteiger partial charge in [0.15, 0.2) is 6.10 Å². The lowest BCUT2D eigenvalue weighted by atomic mass is 9.96. The summed E-state index contributed by atoms with van der Waals surface area (Å²) in [5.41, 5.74) is 0.902. The molecule has 3 aliphatic rings. The van der Waals surface area contributed by atoms with Crippen molar-refractivity contribution in [1.29, 1.82) is 0 Å². The fourth-order valence-corrected chi connectivity index (χ4v) is 5.51. The minimum absolute atomic E-state index is 0.00614. The SMILES string of the molecule is O=C1OC2(CCCC23CCCS3)O[C@@H]1c1ccccc1. The quantitative estimate of drug-likeness (QED) is 0.742. The van der Waals surface area contributed by atoms with Crippen LogP contribution < -0.4 is 0 Å². The molecule has 4 heteroatoms. The Morgan fingerprint density at radius 1 is 1.10 bits per heavy atom. The molecule has 2 unspecified atom stereocenters. The number of rotatable bonds is 1. The normalized spacial score (nSPS) is 39.8. The molecule has 0 aromatic heterocycles. The second-order valence-electron chi connectivity index (χ2n) is 5.88. The van der Waals surface area contributed by atoms with Gasteiger partial charge in [0.2, 0.25) is 5.79 Å². The van der Waals surface area contributed by atoms with E-state index in [4.69, 9.17) is 9.47 Å². The number of carbonyl (C=O) groups is 1. The third-order valence-corrected chi connectivity index (χ3v) is 6.54. The maximum Gasteiger partial charge on any atom is 0.342 e. The zero-order valence-corrected chi connectivity index (χ0v) is 12.2. The lowest BCUT2D eigenvalue weighted by Gasteiger charge is -2.37. The standard InChI is InChI=1S/C16H18O3S/c17-14-13(12-6-2-1-3-7-12)18-16(19-14)10-4-8-15(16)9-5-11-20-15/h1-3,6-7,13H,4-5,8-11H2/t13-,15?,16?/m1/s1. The number of fused-ring (bicyclic) bond motifs is 1. The molecule has 1 saturated carbocycles. The number of carbonyl (C=O) groups excluding carboxylic acids is 1. The number of hydrogen-bond acceptors (Lipinski definition) is 4. The molecular weight excluding hydrogens is 272 g/mol. The molecule has 1 aliphatic carbocycles. The lowest BCUT2D eigenvalue weighted by molar-refractivity contribution is -0.186. The Morgan fingerprint density at radius 2 is 1.90 bits per heavy atom. The van der Waals surface area contributed by atoms with Gasteiger partial charge in [0.1, 0.15) is 0 Å². The van der Waals surface area contributed by atoms with E-state index in [1.54, 1.807) is 0 Å². The van der Waals surface area contributed by atoms with Crippen LogP contribution in [-0.2, 0) is 14.3 Å². The third kappa shape index (κ3) is 1.67. The van der Waals surface area contributed by atoms with Crippen LogP contribution in [0.3, 0.4) is 0 Å². The Bertz CT molecular complexity index is 518. The molecule has 2 spiro atoms. The largest absolute Gasteiger partial charge is 0.429 e. The fraction of sp³-hybridized carbons (Fsp3) is 0.562. The van der Waals surface area contributed by atoms with E-state index in [2.05, 4.69) is 0 Å². The molecule has 20 heavy (non-hydrogen) atoms. The lowest BCUT2D eigenvalue weighted by Crippen LogP contribution is -2.47. The minimum Gasteiger partial charge on any atom is -0.429 e. The van der Waals surface area contributed by atoms with E-state index < -0.39 is 11.9 Å². The highest BCUT2D eigenvalue weighted by molar-refractivity contribution is 8.01. The zero-order chi connectivity index (χ0) is 13.6. The summed E-state index contributed by atoms with van der Waals surface area (Å²) in [7, 11) is 0. The Hall–Kier alpha value is -1.00. The van der Waals surface area contributed by atoms with Gasteiger partial charge in [-0.15, -0.1) is 11.8 Å². The molecule has 0 radical (unpaired) electrons. The van der Waals surface area contributed by atoms with Gasteiger partial charge in [-0.05, 0) is 37.0 Å². The van der Waals surface area contributed by atoms with Crippen LogP contribution in [0.5, 0.6) is 0 Å². The minimum atomic E-state index is -0.675. The topological polar surface area (TPSA) is 35.5 Å². The summed E-state index contributed by atoms with van der Waals surface area (Å²) < 4.78 is 12.1. The van der Waals surface area contributed by atoms with Gasteiger partial charge in [-0.3, -0.25) is 0 Å². The van der Waals surface area contributed by atoms with E-state index in [0.717, 1.165) is 37.0 Å². The molecule has 3 fully saturated rings. The van der Waals surface area contributed by atoms with Crippen LogP contribution in [0.25, 0.3) is 0 Å². The Balaban J connectivity index is 1.67. The number of ether oxygens (including phenoxy) is 2. The monoisotopic (exact) mass is 290 g/mol. The number of esters is 1. The molecule has 0 N–H and O–H groups in total. The first kappa shape index (κ1) is 12.7. The van der Waals surface area contributed by atoms with Crippen molar-refractivity contribution in [2.45, 2.75) is 48.7 Å². The number of benzene rings is 1. The first-order chi connectivity index (χ1) is 9.75. The second kappa shape index (κ2) is 4.50. The molecular formula is C16H18O3S. The van der Waals surface area contributed by atoms with Crippen molar-refractivity contribution in [3.8, 4) is 0 Å². The zero-order valence-electron chi connectivity index (χ0n) is 11.3. The molecule has 0 amide bonds. The number of thioether (sulfide) groups is 1. The van der Waals surface area contributed by atoms with Crippen LogP contribution in [0.1, 0.15) is 43.8 Å². The number of hydrogen-bond donors (Lipinski definition) is 0. The van der Waals surface area contributed by atoms with E-state index in [0.29, 0.717) is 0 Å². The summed E-state index contributed by atoms with van der Waals surface area (Å²) in [6, 6.07) is 9.70. The van der Waals surface area contributed by atoms with E-state index in [9.17, 15) is 4.79 Å². The molecule has 3 atom stereocenters. The molecule has 0 bridgehead atoms. The van der Waals surface area contributed by atoms with Crippen molar-refractivity contribution in [3.05, 3.63) is 35.9 Å². The summed E-state index contributed by atoms with van der Waals surface area (Å²) in [4.78, 5) is 12.3. The molecule has 3 nitrogen and oxygen atoms in total. The summed E-state index contributed by atoms with van der Waals surface area (Å²) in [5.74, 6) is 0.259.